The monoisotopic (exact) mass is 291 g/mol. The van der Waals surface area contributed by atoms with Crippen molar-refractivity contribution >= 4 is 25.3 Å². The van der Waals surface area contributed by atoms with E-state index >= 15 is 0 Å². The van der Waals surface area contributed by atoms with E-state index in [0.29, 0.717) is 0 Å². The number of thiol groups is 1. The molecule has 0 fully saturated rings. The Kier molecular flexibility index (Phi) is 6.95. The summed E-state index contributed by atoms with van der Waals surface area (Å²) in [5.74, 6) is 1.08. The van der Waals surface area contributed by atoms with E-state index in [0.717, 1.165) is 30.0 Å². The maximum Gasteiger partial charge on any atom is 0.0918 e. The molecule has 4 heteroatoms. The fraction of sp³-hybridized carbons (Fsp3) is 0.333. The molecule has 0 aliphatic rings. The number of hydrogen-bond acceptors (Lipinski definition) is 4. The van der Waals surface area contributed by atoms with Crippen LogP contribution in [0.4, 0.5) is 0 Å². The van der Waals surface area contributed by atoms with Crippen LogP contribution < -0.4 is 0 Å². The molecule has 102 valence electrons. The summed E-state index contributed by atoms with van der Waals surface area (Å²) in [7, 11) is 0. The molecule has 2 rings (SSSR count). The van der Waals surface area contributed by atoms with E-state index in [1.54, 1.807) is 0 Å². The highest BCUT2D eigenvalue weighted by molar-refractivity contribution is 7.99. The van der Waals surface area contributed by atoms with Gasteiger partial charge in [-0.15, -0.1) is 11.8 Å². The second-order valence-electron chi connectivity index (χ2n) is 4.07. The van der Waals surface area contributed by atoms with E-state index < -0.39 is 0 Å². The maximum absolute atomic E-state index is 4.53. The molecule has 0 amide bonds. The molecule has 19 heavy (non-hydrogen) atoms. The third-order valence-electron chi connectivity index (χ3n) is 2.70. The van der Waals surface area contributed by atoms with Crippen LogP contribution in [0.15, 0.2) is 41.6 Å². The molecule has 0 radical (unpaired) electrons. The van der Waals surface area contributed by atoms with E-state index in [9.17, 15) is 0 Å². The minimum atomic E-state index is 0. The number of rotatable bonds is 5. The molecule has 0 saturated heterocycles. The van der Waals surface area contributed by atoms with Gasteiger partial charge in [-0.25, -0.2) is 0 Å². The quantitative estimate of drug-likeness (QED) is 0.473. The maximum atomic E-state index is 4.53. The van der Waals surface area contributed by atoms with Gasteiger partial charge in [0.15, 0.2) is 0 Å². The standard InChI is InChI=1S/C15H18N2S.H2S/c1-3-6-12-7-5-10-16-15(12)14-9-8-13(11-17-14)18-4-2;/h5,7-11H,3-4,6H2,1-2H3;1H2/p-1. The van der Waals surface area contributed by atoms with Gasteiger partial charge < -0.3 is 13.5 Å². The van der Waals surface area contributed by atoms with Crippen LogP contribution in [0.25, 0.3) is 11.4 Å². The Morgan fingerprint density at radius 3 is 2.58 bits per heavy atom. The van der Waals surface area contributed by atoms with E-state index in [-0.39, 0.29) is 13.5 Å². The summed E-state index contributed by atoms with van der Waals surface area (Å²) in [6.45, 7) is 4.34. The van der Waals surface area contributed by atoms with Crippen molar-refractivity contribution in [3.8, 4) is 11.4 Å². The smallest absolute Gasteiger partial charge is 0.0918 e. The molecular weight excluding hydrogens is 272 g/mol. The Labute approximate surface area is 126 Å². The lowest BCUT2D eigenvalue weighted by Gasteiger charge is -2.07. The highest BCUT2D eigenvalue weighted by Gasteiger charge is 2.06. The molecule has 0 aliphatic heterocycles. The topological polar surface area (TPSA) is 25.8 Å². The molecule has 0 aromatic carbocycles. The van der Waals surface area contributed by atoms with Crippen LogP contribution in [0.1, 0.15) is 25.8 Å². The summed E-state index contributed by atoms with van der Waals surface area (Å²) in [5.41, 5.74) is 3.27. The predicted molar refractivity (Wildman–Crippen MR) is 86.6 cm³/mol. The Bertz CT molecular complexity index is 498. The lowest BCUT2D eigenvalue weighted by atomic mass is 10.1. The predicted octanol–water partition coefficient (Wildman–Crippen LogP) is 3.94. The Morgan fingerprint density at radius 1 is 1.11 bits per heavy atom. The van der Waals surface area contributed by atoms with Gasteiger partial charge in [-0.05, 0) is 35.9 Å². The van der Waals surface area contributed by atoms with Gasteiger partial charge in [0.05, 0.1) is 11.4 Å². The normalized spacial score (nSPS) is 10.0. The average molecular weight is 291 g/mol. The largest absolute Gasteiger partial charge is 0.813 e. The van der Waals surface area contributed by atoms with Crippen molar-refractivity contribution in [3.63, 3.8) is 0 Å². The van der Waals surface area contributed by atoms with E-state index in [2.05, 4.69) is 42.0 Å². The third-order valence-corrected chi connectivity index (χ3v) is 3.56. The molecular formula is C15H19N2S2-. The van der Waals surface area contributed by atoms with Gasteiger partial charge in [0.25, 0.3) is 0 Å². The summed E-state index contributed by atoms with van der Waals surface area (Å²) in [4.78, 5) is 10.2. The highest BCUT2D eigenvalue weighted by atomic mass is 32.2. The van der Waals surface area contributed by atoms with Crippen LogP contribution >= 0.6 is 11.8 Å². The van der Waals surface area contributed by atoms with E-state index in [1.165, 1.54) is 10.5 Å². The number of aryl methyl sites for hydroxylation is 1. The molecule has 0 unspecified atom stereocenters. The fourth-order valence-electron chi connectivity index (χ4n) is 1.91. The molecule has 0 bridgehead atoms. The summed E-state index contributed by atoms with van der Waals surface area (Å²) in [6, 6.07) is 8.33. The summed E-state index contributed by atoms with van der Waals surface area (Å²) >= 11 is 1.81. The minimum absolute atomic E-state index is 0. The number of hydrogen-bond donors (Lipinski definition) is 0. The van der Waals surface area contributed by atoms with Crippen molar-refractivity contribution in [2.24, 2.45) is 0 Å². The first-order valence-electron chi connectivity index (χ1n) is 6.38. The molecule has 2 nitrogen and oxygen atoms in total. The molecule has 0 atom stereocenters. The van der Waals surface area contributed by atoms with Crippen molar-refractivity contribution < 1.29 is 0 Å². The molecule has 0 saturated carbocycles. The van der Waals surface area contributed by atoms with Crippen molar-refractivity contribution in [2.75, 3.05) is 5.75 Å². The molecule has 0 spiro atoms. The minimum Gasteiger partial charge on any atom is -0.813 e. The molecule has 2 aromatic heterocycles. The third kappa shape index (κ3) is 4.25. The van der Waals surface area contributed by atoms with Crippen molar-refractivity contribution in [1.29, 1.82) is 0 Å². The van der Waals surface area contributed by atoms with E-state index in [4.69, 9.17) is 0 Å². The van der Waals surface area contributed by atoms with Gasteiger partial charge in [0.1, 0.15) is 0 Å². The zero-order chi connectivity index (χ0) is 12.8. The lowest BCUT2D eigenvalue weighted by molar-refractivity contribution is 0.914. The first kappa shape index (κ1) is 16.1. The number of aromatic nitrogens is 2. The summed E-state index contributed by atoms with van der Waals surface area (Å²) < 4.78 is 0. The first-order chi connectivity index (χ1) is 8.85. The second kappa shape index (κ2) is 8.23. The van der Waals surface area contributed by atoms with E-state index in [1.807, 2.05) is 30.2 Å². The van der Waals surface area contributed by atoms with Gasteiger partial charge in [-0.3, -0.25) is 9.97 Å². The van der Waals surface area contributed by atoms with Crippen LogP contribution in [-0.4, -0.2) is 15.7 Å². The number of pyridine rings is 2. The molecule has 2 heterocycles. The molecule has 0 aliphatic carbocycles. The lowest BCUT2D eigenvalue weighted by Crippen LogP contribution is -1.94. The van der Waals surface area contributed by atoms with Gasteiger partial charge in [0.2, 0.25) is 0 Å². The SMILES string of the molecule is CCCc1cccnc1-c1ccc(SCC)cn1.[SH-]. The van der Waals surface area contributed by atoms with Gasteiger partial charge in [-0.2, -0.15) is 0 Å². The Morgan fingerprint density at radius 2 is 1.95 bits per heavy atom. The number of thioether (sulfide) groups is 1. The fourth-order valence-corrected chi connectivity index (χ4v) is 2.54. The van der Waals surface area contributed by atoms with Crippen molar-refractivity contribution in [2.45, 2.75) is 31.6 Å². The van der Waals surface area contributed by atoms with Crippen LogP contribution in [0.5, 0.6) is 0 Å². The Balaban J connectivity index is 0.00000180. The van der Waals surface area contributed by atoms with Crippen molar-refractivity contribution in [3.05, 3.63) is 42.2 Å². The zero-order valence-corrected chi connectivity index (χ0v) is 13.0. The Hall–Kier alpha value is -1.000. The first-order valence-corrected chi connectivity index (χ1v) is 7.36. The number of nitrogens with zero attached hydrogens (tertiary/aromatic N) is 2. The van der Waals surface area contributed by atoms with Crippen LogP contribution in [0, 0.1) is 0 Å². The van der Waals surface area contributed by atoms with Crippen LogP contribution in [-0.2, 0) is 19.9 Å². The van der Waals surface area contributed by atoms with Crippen LogP contribution in [0.3, 0.4) is 0 Å². The molecule has 2 aromatic rings. The summed E-state index contributed by atoms with van der Waals surface area (Å²) in [6.07, 6.45) is 5.96. The van der Waals surface area contributed by atoms with Gasteiger partial charge >= 0.3 is 0 Å². The average Bonchev–Trinajstić information content (AvgIpc) is 2.41. The van der Waals surface area contributed by atoms with Gasteiger partial charge in [-0.1, -0.05) is 26.3 Å². The van der Waals surface area contributed by atoms with Gasteiger partial charge in [0, 0.05) is 17.3 Å². The summed E-state index contributed by atoms with van der Waals surface area (Å²) in [5, 5.41) is 0. The highest BCUT2D eigenvalue weighted by Crippen LogP contribution is 2.23. The second-order valence-corrected chi connectivity index (χ2v) is 5.41. The molecule has 0 N–H and O–H groups in total. The van der Waals surface area contributed by atoms with Crippen molar-refractivity contribution in [1.82, 2.24) is 9.97 Å². The zero-order valence-electron chi connectivity index (χ0n) is 11.3. The van der Waals surface area contributed by atoms with Crippen LogP contribution in [0.2, 0.25) is 0 Å².